The Hall–Kier alpha value is -1.67. The van der Waals surface area contributed by atoms with Gasteiger partial charge in [0.2, 0.25) is 5.28 Å². The number of imidazole rings is 1. The highest BCUT2D eigenvalue weighted by molar-refractivity contribution is 7.91. The molecule has 0 fully saturated rings. The molecule has 0 saturated heterocycles. The molecule has 168 valence electrons. The van der Waals surface area contributed by atoms with Gasteiger partial charge in [-0.05, 0) is 68.8 Å². The quantitative estimate of drug-likeness (QED) is 0.442. The van der Waals surface area contributed by atoms with Gasteiger partial charge in [0.25, 0.3) is 10.0 Å². The van der Waals surface area contributed by atoms with Crippen LogP contribution in [0.25, 0.3) is 11.1 Å². The molecular weight excluding hydrogens is 450 g/mol. The number of halogens is 1. The van der Waals surface area contributed by atoms with E-state index in [1.807, 2.05) is 61.9 Å². The van der Waals surface area contributed by atoms with Crippen molar-refractivity contribution in [2.45, 2.75) is 63.8 Å². The number of hydrogen-bond acceptors (Lipinski definition) is 4. The average Bonchev–Trinajstić information content (AvgIpc) is 3.25. The Kier molecular flexibility index (Phi) is 7.01. The third-order valence-corrected chi connectivity index (χ3v) is 8.53. The van der Waals surface area contributed by atoms with Gasteiger partial charge in [0.05, 0.1) is 6.04 Å². The first-order chi connectivity index (χ1) is 14.4. The highest BCUT2D eigenvalue weighted by Gasteiger charge is 2.28. The minimum absolute atomic E-state index is 0.0220. The van der Waals surface area contributed by atoms with Crippen LogP contribution in [0.3, 0.4) is 0 Å². The number of sulfonamides is 1. The van der Waals surface area contributed by atoms with E-state index in [-0.39, 0.29) is 6.04 Å². The number of hydrogen-bond donors (Lipinski definition) is 1. The SMILES string of the molecule is CC(C)Cc1cc(-c2ccc(C(C)n3ccnc3Cl)cc2)c(S(=O)(=O)NC(C)(C)C)s1. The maximum absolute atomic E-state index is 13.2. The van der Waals surface area contributed by atoms with Crippen LogP contribution in [0.5, 0.6) is 0 Å². The van der Waals surface area contributed by atoms with E-state index < -0.39 is 15.6 Å². The molecule has 0 aliphatic heterocycles. The van der Waals surface area contributed by atoms with Gasteiger partial charge in [-0.25, -0.2) is 18.1 Å². The minimum Gasteiger partial charge on any atom is -0.315 e. The molecule has 3 rings (SSSR count). The summed E-state index contributed by atoms with van der Waals surface area (Å²) < 4.78 is 31.4. The van der Waals surface area contributed by atoms with Crippen LogP contribution >= 0.6 is 22.9 Å². The van der Waals surface area contributed by atoms with Crippen LogP contribution in [0, 0.1) is 5.92 Å². The number of rotatable bonds is 7. The second kappa shape index (κ2) is 9.06. The van der Waals surface area contributed by atoms with Crippen LogP contribution in [-0.4, -0.2) is 23.5 Å². The first kappa shape index (κ1) is 24.0. The van der Waals surface area contributed by atoms with Gasteiger partial charge in [-0.3, -0.25) is 0 Å². The largest absolute Gasteiger partial charge is 0.315 e. The van der Waals surface area contributed by atoms with Crippen molar-refractivity contribution in [3.63, 3.8) is 0 Å². The number of thiophene rings is 1. The Morgan fingerprint density at radius 2 is 1.81 bits per heavy atom. The molecule has 1 atom stereocenters. The zero-order valence-corrected chi connectivity index (χ0v) is 21.2. The van der Waals surface area contributed by atoms with Crippen molar-refractivity contribution in [2.24, 2.45) is 5.92 Å². The number of aromatic nitrogens is 2. The zero-order chi connectivity index (χ0) is 23.0. The molecule has 8 heteroatoms. The highest BCUT2D eigenvalue weighted by Crippen LogP contribution is 2.37. The lowest BCUT2D eigenvalue weighted by atomic mass is 10.0. The fourth-order valence-corrected chi connectivity index (χ4v) is 7.09. The molecule has 1 unspecified atom stereocenters. The second-order valence-corrected chi connectivity index (χ2v) is 12.6. The average molecular weight is 480 g/mol. The van der Waals surface area contributed by atoms with Crippen LogP contribution in [0.2, 0.25) is 5.28 Å². The van der Waals surface area contributed by atoms with Crippen LogP contribution in [0.1, 0.15) is 58.0 Å². The van der Waals surface area contributed by atoms with Gasteiger partial charge in [-0.15, -0.1) is 11.3 Å². The third kappa shape index (κ3) is 5.77. The molecule has 2 aromatic heterocycles. The lowest BCUT2D eigenvalue weighted by Crippen LogP contribution is -2.40. The van der Waals surface area contributed by atoms with Gasteiger partial charge in [-0.2, -0.15) is 0 Å². The Morgan fingerprint density at radius 3 is 2.32 bits per heavy atom. The van der Waals surface area contributed by atoms with Crippen molar-refractivity contribution in [1.29, 1.82) is 0 Å². The first-order valence-corrected chi connectivity index (χ1v) is 13.0. The fourth-order valence-electron chi connectivity index (χ4n) is 3.46. The molecule has 0 aliphatic rings. The number of nitrogens with zero attached hydrogens (tertiary/aromatic N) is 2. The van der Waals surface area contributed by atoms with Crippen LogP contribution in [0.15, 0.2) is 46.9 Å². The maximum Gasteiger partial charge on any atom is 0.251 e. The molecule has 0 bridgehead atoms. The summed E-state index contributed by atoms with van der Waals surface area (Å²) in [6.45, 7) is 11.9. The fraction of sp³-hybridized carbons (Fsp3) is 0.435. The molecule has 1 N–H and O–H groups in total. The molecule has 1 aromatic carbocycles. The predicted molar refractivity (Wildman–Crippen MR) is 129 cm³/mol. The van der Waals surface area contributed by atoms with Crippen molar-refractivity contribution in [1.82, 2.24) is 14.3 Å². The number of nitrogens with one attached hydrogen (secondary N) is 1. The molecule has 0 amide bonds. The van der Waals surface area contributed by atoms with Gasteiger partial charge in [0, 0.05) is 28.4 Å². The van der Waals surface area contributed by atoms with Crippen molar-refractivity contribution in [3.8, 4) is 11.1 Å². The Morgan fingerprint density at radius 1 is 1.16 bits per heavy atom. The van der Waals surface area contributed by atoms with Gasteiger partial charge in [0.1, 0.15) is 4.21 Å². The number of benzene rings is 1. The molecule has 2 heterocycles. The first-order valence-electron chi connectivity index (χ1n) is 10.3. The standard InChI is InChI=1S/C23H30ClN3O2S2/c1-15(2)13-19-14-20(21(30-19)31(28,29)26-23(4,5)6)18-9-7-17(8-10-18)16(3)27-12-11-25-22(27)24/h7-12,14-16,26H,13H2,1-6H3. The summed E-state index contributed by atoms with van der Waals surface area (Å²) in [5, 5.41) is 0.439. The van der Waals surface area contributed by atoms with Crippen LogP contribution < -0.4 is 4.72 Å². The van der Waals surface area contributed by atoms with E-state index in [4.69, 9.17) is 11.6 Å². The van der Waals surface area contributed by atoms with Gasteiger partial charge in [-0.1, -0.05) is 38.1 Å². The molecule has 0 aliphatic carbocycles. The Balaban J connectivity index is 2.01. The predicted octanol–water partition coefficient (Wildman–Crippen LogP) is 6.15. The Labute approximate surface area is 194 Å². The summed E-state index contributed by atoms with van der Waals surface area (Å²) >= 11 is 7.52. The van der Waals surface area contributed by atoms with Crippen LogP contribution in [0.4, 0.5) is 0 Å². The van der Waals surface area contributed by atoms with E-state index >= 15 is 0 Å². The monoisotopic (exact) mass is 479 g/mol. The van der Waals surface area contributed by atoms with Crippen molar-refractivity contribution in [3.05, 3.63) is 58.4 Å². The normalized spacial score (nSPS) is 13.7. The summed E-state index contributed by atoms with van der Waals surface area (Å²) in [4.78, 5) is 5.15. The van der Waals surface area contributed by atoms with Gasteiger partial charge >= 0.3 is 0 Å². The molecule has 3 aromatic rings. The molecule has 5 nitrogen and oxygen atoms in total. The van der Waals surface area contributed by atoms with E-state index in [0.29, 0.717) is 15.4 Å². The van der Waals surface area contributed by atoms with Crippen molar-refractivity contribution >= 4 is 33.0 Å². The van der Waals surface area contributed by atoms with E-state index in [1.54, 1.807) is 6.20 Å². The van der Waals surface area contributed by atoms with Gasteiger partial charge in [0.15, 0.2) is 0 Å². The zero-order valence-electron chi connectivity index (χ0n) is 18.8. The summed E-state index contributed by atoms with van der Waals surface area (Å²) in [6, 6.07) is 10.0. The van der Waals surface area contributed by atoms with Crippen LogP contribution in [-0.2, 0) is 16.4 Å². The third-order valence-electron chi connectivity index (χ3n) is 4.79. The summed E-state index contributed by atoms with van der Waals surface area (Å²) in [6.07, 6.45) is 4.37. The minimum atomic E-state index is -3.64. The van der Waals surface area contributed by atoms with E-state index in [2.05, 4.69) is 30.5 Å². The van der Waals surface area contributed by atoms with Gasteiger partial charge < -0.3 is 4.57 Å². The molecule has 0 radical (unpaired) electrons. The van der Waals surface area contributed by atoms with Crippen molar-refractivity contribution in [2.75, 3.05) is 0 Å². The lowest BCUT2D eigenvalue weighted by molar-refractivity contribution is 0.493. The van der Waals surface area contributed by atoms with E-state index in [9.17, 15) is 8.42 Å². The summed E-state index contributed by atoms with van der Waals surface area (Å²) in [5.74, 6) is 0.445. The lowest BCUT2D eigenvalue weighted by Gasteiger charge is -2.20. The van der Waals surface area contributed by atoms with E-state index in [1.165, 1.54) is 11.3 Å². The maximum atomic E-state index is 13.2. The van der Waals surface area contributed by atoms with Crippen molar-refractivity contribution < 1.29 is 8.42 Å². The van der Waals surface area contributed by atoms with E-state index in [0.717, 1.165) is 28.0 Å². The topological polar surface area (TPSA) is 64.0 Å². The molecule has 31 heavy (non-hydrogen) atoms. The smallest absolute Gasteiger partial charge is 0.251 e. The summed E-state index contributed by atoms with van der Waals surface area (Å²) in [7, 11) is -3.64. The molecule has 0 saturated carbocycles. The molecular formula is C23H30ClN3O2S2. The summed E-state index contributed by atoms with van der Waals surface area (Å²) in [5.41, 5.74) is 2.14. The second-order valence-electron chi connectivity index (χ2n) is 9.27. The highest BCUT2D eigenvalue weighted by atomic mass is 35.5. The Bertz CT molecular complexity index is 1140. The molecule has 0 spiro atoms.